The van der Waals surface area contributed by atoms with Crippen LogP contribution < -0.4 is 0 Å². The predicted octanol–water partition coefficient (Wildman–Crippen LogP) is 0.391. The van der Waals surface area contributed by atoms with Gasteiger partial charge in [0.05, 0.1) is 5.54 Å². The molecule has 0 atom stereocenters. The quantitative estimate of drug-likeness (QED) is 0.624. The molecule has 0 spiro atoms. The Labute approximate surface area is 77.6 Å². The molecule has 2 fully saturated rings. The lowest BCUT2D eigenvalue weighted by atomic mass is 9.96. The first-order valence-electron chi connectivity index (χ1n) is 4.90. The van der Waals surface area contributed by atoms with Gasteiger partial charge in [-0.1, -0.05) is 0 Å². The number of aryl methyl sites for hydroxylation is 1. The van der Waals surface area contributed by atoms with Crippen LogP contribution in [-0.4, -0.2) is 39.3 Å². The van der Waals surface area contributed by atoms with E-state index in [-0.39, 0.29) is 0 Å². The summed E-state index contributed by atoms with van der Waals surface area (Å²) in [4.78, 5) is 6.72. The van der Waals surface area contributed by atoms with E-state index >= 15 is 0 Å². The standard InChI is InChI=1S/C9H14N4/c1-8-10-7-13(11-8)9-2-4-12(6-9)5-3-9/h7H,2-6H2,1H3. The second-order valence-corrected chi connectivity index (χ2v) is 4.24. The minimum atomic E-state index is 0.293. The average Bonchev–Trinajstić information content (AvgIpc) is 2.77. The Morgan fingerprint density at radius 3 is 2.62 bits per heavy atom. The Morgan fingerprint density at radius 1 is 1.38 bits per heavy atom. The van der Waals surface area contributed by atoms with Crippen LogP contribution in [0.15, 0.2) is 6.33 Å². The van der Waals surface area contributed by atoms with Gasteiger partial charge in [0.25, 0.3) is 0 Å². The van der Waals surface area contributed by atoms with E-state index in [4.69, 9.17) is 0 Å². The average molecular weight is 178 g/mol. The van der Waals surface area contributed by atoms with Gasteiger partial charge in [0.2, 0.25) is 0 Å². The lowest BCUT2D eigenvalue weighted by Gasteiger charge is -2.24. The van der Waals surface area contributed by atoms with Crippen molar-refractivity contribution >= 4 is 0 Å². The molecule has 4 nitrogen and oxygen atoms in total. The van der Waals surface area contributed by atoms with Gasteiger partial charge in [-0.25, -0.2) is 9.67 Å². The molecule has 0 radical (unpaired) electrons. The minimum Gasteiger partial charge on any atom is -0.301 e. The van der Waals surface area contributed by atoms with Crippen LogP contribution in [0.1, 0.15) is 18.7 Å². The zero-order valence-electron chi connectivity index (χ0n) is 7.90. The summed E-state index contributed by atoms with van der Waals surface area (Å²) in [6.07, 6.45) is 4.38. The Hall–Kier alpha value is -0.900. The maximum Gasteiger partial charge on any atom is 0.147 e. The van der Waals surface area contributed by atoms with Crippen molar-refractivity contribution in [2.45, 2.75) is 25.3 Å². The van der Waals surface area contributed by atoms with E-state index in [0.717, 1.165) is 5.82 Å². The first kappa shape index (κ1) is 7.50. The van der Waals surface area contributed by atoms with E-state index in [1.807, 2.05) is 13.3 Å². The zero-order valence-corrected chi connectivity index (χ0v) is 7.90. The highest BCUT2D eigenvalue weighted by molar-refractivity contribution is 5.01. The summed E-state index contributed by atoms with van der Waals surface area (Å²) < 4.78 is 2.09. The van der Waals surface area contributed by atoms with Crippen molar-refractivity contribution in [1.82, 2.24) is 19.7 Å². The minimum absolute atomic E-state index is 0.293. The Kier molecular flexibility index (Phi) is 1.34. The highest BCUT2D eigenvalue weighted by Gasteiger charge is 2.45. The van der Waals surface area contributed by atoms with Gasteiger partial charge in [0.15, 0.2) is 0 Å². The van der Waals surface area contributed by atoms with Crippen LogP contribution in [0.4, 0.5) is 0 Å². The Balaban J connectivity index is 2.00. The number of rotatable bonds is 1. The first-order chi connectivity index (χ1) is 6.28. The molecule has 3 rings (SSSR count). The molecule has 1 aromatic heterocycles. The monoisotopic (exact) mass is 178 g/mol. The summed E-state index contributed by atoms with van der Waals surface area (Å²) >= 11 is 0. The van der Waals surface area contributed by atoms with Crippen LogP contribution in [-0.2, 0) is 5.54 Å². The molecular weight excluding hydrogens is 164 g/mol. The smallest absolute Gasteiger partial charge is 0.147 e. The van der Waals surface area contributed by atoms with Crippen LogP contribution in [0.3, 0.4) is 0 Å². The number of nitrogens with zero attached hydrogens (tertiary/aromatic N) is 4. The molecule has 0 aliphatic carbocycles. The molecule has 0 unspecified atom stereocenters. The molecule has 2 aliphatic rings. The van der Waals surface area contributed by atoms with Crippen LogP contribution in [0, 0.1) is 6.92 Å². The molecule has 2 bridgehead atoms. The lowest BCUT2D eigenvalue weighted by Crippen LogP contribution is -2.32. The molecule has 0 N–H and O–H groups in total. The van der Waals surface area contributed by atoms with Crippen LogP contribution in [0.2, 0.25) is 0 Å². The summed E-state index contributed by atoms with van der Waals surface area (Å²) in [6, 6.07) is 0. The summed E-state index contributed by atoms with van der Waals surface area (Å²) in [7, 11) is 0. The van der Waals surface area contributed by atoms with E-state index in [1.165, 1.54) is 32.5 Å². The third-order valence-corrected chi connectivity index (χ3v) is 3.40. The van der Waals surface area contributed by atoms with Gasteiger partial charge < -0.3 is 4.90 Å². The summed E-state index contributed by atoms with van der Waals surface area (Å²) in [5, 5.41) is 4.44. The molecule has 4 heteroatoms. The highest BCUT2D eigenvalue weighted by Crippen LogP contribution is 2.37. The highest BCUT2D eigenvalue weighted by atomic mass is 15.4. The SMILES string of the molecule is Cc1ncn(C23CCN(CC2)C3)n1. The van der Waals surface area contributed by atoms with Crippen molar-refractivity contribution in [2.24, 2.45) is 0 Å². The van der Waals surface area contributed by atoms with E-state index in [2.05, 4.69) is 19.7 Å². The third-order valence-electron chi connectivity index (χ3n) is 3.40. The largest absolute Gasteiger partial charge is 0.301 e. The van der Waals surface area contributed by atoms with Crippen molar-refractivity contribution in [2.75, 3.05) is 19.6 Å². The fourth-order valence-corrected chi connectivity index (χ4v) is 2.58. The zero-order chi connectivity index (χ0) is 8.89. The molecule has 0 saturated carbocycles. The fourth-order valence-electron chi connectivity index (χ4n) is 2.58. The molecule has 1 aromatic rings. The maximum absolute atomic E-state index is 4.44. The molecule has 13 heavy (non-hydrogen) atoms. The van der Waals surface area contributed by atoms with Gasteiger partial charge in [-0.3, -0.25) is 0 Å². The first-order valence-corrected chi connectivity index (χ1v) is 4.90. The number of hydrogen-bond donors (Lipinski definition) is 0. The van der Waals surface area contributed by atoms with Crippen LogP contribution in [0.5, 0.6) is 0 Å². The van der Waals surface area contributed by atoms with Gasteiger partial charge >= 0.3 is 0 Å². The normalized spacial score (nSPS) is 37.2. The van der Waals surface area contributed by atoms with Gasteiger partial charge in [-0.15, -0.1) is 0 Å². The van der Waals surface area contributed by atoms with Crippen molar-refractivity contribution in [3.05, 3.63) is 12.2 Å². The number of piperidine rings is 1. The van der Waals surface area contributed by atoms with E-state index in [9.17, 15) is 0 Å². The number of hydrogen-bond acceptors (Lipinski definition) is 3. The maximum atomic E-state index is 4.44. The molecule has 70 valence electrons. The topological polar surface area (TPSA) is 34.0 Å². The summed E-state index contributed by atoms with van der Waals surface area (Å²) in [5.74, 6) is 0.889. The number of aromatic nitrogens is 3. The third kappa shape index (κ3) is 0.950. The Morgan fingerprint density at radius 2 is 2.15 bits per heavy atom. The van der Waals surface area contributed by atoms with Crippen LogP contribution in [0.25, 0.3) is 0 Å². The number of fused-ring (bicyclic) bond motifs is 2. The van der Waals surface area contributed by atoms with E-state index in [0.29, 0.717) is 5.54 Å². The molecule has 2 aliphatic heterocycles. The van der Waals surface area contributed by atoms with Gasteiger partial charge in [0.1, 0.15) is 12.2 Å². The van der Waals surface area contributed by atoms with E-state index in [1.54, 1.807) is 0 Å². The van der Waals surface area contributed by atoms with Gasteiger partial charge in [-0.2, -0.15) is 5.10 Å². The second-order valence-electron chi connectivity index (χ2n) is 4.24. The summed E-state index contributed by atoms with van der Waals surface area (Å²) in [6.45, 7) is 5.60. The van der Waals surface area contributed by atoms with Gasteiger partial charge in [0, 0.05) is 19.6 Å². The van der Waals surface area contributed by atoms with Gasteiger partial charge in [-0.05, 0) is 19.8 Å². The molecule has 3 heterocycles. The van der Waals surface area contributed by atoms with E-state index < -0.39 is 0 Å². The predicted molar refractivity (Wildman–Crippen MR) is 48.4 cm³/mol. The summed E-state index contributed by atoms with van der Waals surface area (Å²) in [5.41, 5.74) is 0.293. The van der Waals surface area contributed by atoms with Crippen molar-refractivity contribution in [1.29, 1.82) is 0 Å². The second kappa shape index (κ2) is 2.32. The van der Waals surface area contributed by atoms with Crippen molar-refractivity contribution < 1.29 is 0 Å². The van der Waals surface area contributed by atoms with Crippen molar-refractivity contribution in [3.8, 4) is 0 Å². The lowest BCUT2D eigenvalue weighted by molar-refractivity contribution is 0.286. The molecular formula is C9H14N4. The Bertz CT molecular complexity index is 322. The molecule has 2 saturated heterocycles. The fraction of sp³-hybridized carbons (Fsp3) is 0.778. The van der Waals surface area contributed by atoms with Crippen molar-refractivity contribution in [3.63, 3.8) is 0 Å². The molecule has 0 amide bonds. The van der Waals surface area contributed by atoms with Crippen LogP contribution >= 0.6 is 0 Å². The molecule has 0 aromatic carbocycles.